The quantitative estimate of drug-likeness (QED) is 0.334. The minimum atomic E-state index is -0.188. The molecule has 0 saturated heterocycles. The maximum atomic E-state index is 13.2. The van der Waals surface area contributed by atoms with Gasteiger partial charge in [0.15, 0.2) is 0 Å². The summed E-state index contributed by atoms with van der Waals surface area (Å²) >= 11 is 0. The first-order chi connectivity index (χ1) is 17.0. The fourth-order valence-electron chi connectivity index (χ4n) is 7.12. The molecule has 2 saturated carbocycles. The van der Waals surface area contributed by atoms with Gasteiger partial charge in [0.25, 0.3) is 0 Å². The van der Waals surface area contributed by atoms with Gasteiger partial charge >= 0.3 is 0 Å². The summed E-state index contributed by atoms with van der Waals surface area (Å²) in [5.74, 6) is 2.37. The molecule has 2 aliphatic rings. The molecule has 36 heavy (non-hydrogen) atoms. The summed E-state index contributed by atoms with van der Waals surface area (Å²) < 4.78 is 0. The molecule has 204 valence electrons. The van der Waals surface area contributed by atoms with Gasteiger partial charge in [0, 0.05) is 31.6 Å². The Kier molecular flexibility index (Phi) is 12.2. The molecule has 1 aromatic rings. The lowest BCUT2D eigenvalue weighted by atomic mass is 9.47. The molecule has 6 unspecified atom stereocenters. The lowest BCUT2D eigenvalue weighted by Gasteiger charge is -2.56. The van der Waals surface area contributed by atoms with Gasteiger partial charge in [-0.2, -0.15) is 0 Å². The molecule has 0 heterocycles. The second kappa shape index (κ2) is 13.6. The highest BCUT2D eigenvalue weighted by Gasteiger charge is 2.59. The van der Waals surface area contributed by atoms with E-state index in [4.69, 9.17) is 0 Å². The van der Waals surface area contributed by atoms with Crippen LogP contribution in [-0.4, -0.2) is 19.9 Å². The number of carbonyl (C=O) groups is 1. The molecule has 1 aromatic carbocycles. The number of nitrogens with zero attached hydrogens (tertiary/aromatic N) is 1. The van der Waals surface area contributed by atoms with Crippen LogP contribution in [0.5, 0.6) is 0 Å². The monoisotopic (exact) mass is 495 g/mol. The summed E-state index contributed by atoms with van der Waals surface area (Å²) in [6.07, 6.45) is 6.02. The maximum Gasteiger partial charge on any atom is 0.139 e. The van der Waals surface area contributed by atoms with Crippen LogP contribution < -0.4 is 4.90 Å². The van der Waals surface area contributed by atoms with Crippen LogP contribution in [0.15, 0.2) is 48.6 Å². The van der Waals surface area contributed by atoms with Crippen molar-refractivity contribution in [2.75, 3.05) is 19.0 Å². The van der Waals surface area contributed by atoms with Crippen molar-refractivity contribution in [3.05, 3.63) is 54.1 Å². The Bertz CT molecular complexity index is 866. The first kappa shape index (κ1) is 32.2. The second-order valence-electron chi connectivity index (χ2n) is 11.5. The highest BCUT2D eigenvalue weighted by atomic mass is 16.1. The van der Waals surface area contributed by atoms with E-state index in [-0.39, 0.29) is 10.8 Å². The molecule has 0 aliphatic heterocycles. The zero-order valence-electron chi connectivity index (χ0n) is 25.6. The molecule has 2 fully saturated rings. The van der Waals surface area contributed by atoms with Crippen molar-refractivity contribution in [3.63, 3.8) is 0 Å². The Morgan fingerprint density at radius 2 is 1.64 bits per heavy atom. The normalized spacial score (nSPS) is 28.5. The molecule has 0 bridgehead atoms. The molecule has 0 N–H and O–H groups in total. The topological polar surface area (TPSA) is 20.3 Å². The largest absolute Gasteiger partial charge is 0.378 e. The Hall–Kier alpha value is -1.83. The number of rotatable bonds is 8. The van der Waals surface area contributed by atoms with E-state index in [9.17, 15) is 4.79 Å². The lowest BCUT2D eigenvalue weighted by molar-refractivity contribution is -0.132. The van der Waals surface area contributed by atoms with Crippen LogP contribution in [0.2, 0.25) is 0 Å². The zero-order valence-corrected chi connectivity index (χ0v) is 25.6. The number of carbonyl (C=O) groups excluding carboxylic acids is 1. The van der Waals surface area contributed by atoms with Crippen LogP contribution in [0, 0.1) is 28.6 Å². The molecule has 0 spiro atoms. The van der Waals surface area contributed by atoms with Gasteiger partial charge in [0.1, 0.15) is 5.78 Å². The highest BCUT2D eigenvalue weighted by molar-refractivity contribution is 5.87. The molecular formula is C34H57NO. The van der Waals surface area contributed by atoms with E-state index in [2.05, 4.69) is 91.0 Å². The third-order valence-corrected chi connectivity index (χ3v) is 9.28. The maximum absolute atomic E-state index is 13.2. The number of hydrogen-bond acceptors (Lipinski definition) is 2. The summed E-state index contributed by atoms with van der Waals surface area (Å²) in [7, 11) is 4.17. The van der Waals surface area contributed by atoms with E-state index < -0.39 is 0 Å². The van der Waals surface area contributed by atoms with Crippen molar-refractivity contribution in [1.82, 2.24) is 0 Å². The summed E-state index contributed by atoms with van der Waals surface area (Å²) in [5, 5.41) is 0. The first-order valence-corrected chi connectivity index (χ1v) is 14.6. The summed E-state index contributed by atoms with van der Waals surface area (Å²) in [6, 6.07) is 9.12. The molecule has 0 amide bonds. The smallest absolute Gasteiger partial charge is 0.139 e. The minimum Gasteiger partial charge on any atom is -0.378 e. The van der Waals surface area contributed by atoms with Gasteiger partial charge in [-0.1, -0.05) is 84.7 Å². The average Bonchev–Trinajstić information content (AvgIpc) is 3.17. The Morgan fingerprint density at radius 1 is 1.08 bits per heavy atom. The predicted octanol–water partition coefficient (Wildman–Crippen LogP) is 9.86. The van der Waals surface area contributed by atoms with Gasteiger partial charge < -0.3 is 4.90 Å². The summed E-state index contributed by atoms with van der Waals surface area (Å²) in [6.45, 7) is 28.2. The van der Waals surface area contributed by atoms with Gasteiger partial charge in [0.2, 0.25) is 0 Å². The molecular weight excluding hydrogens is 438 g/mol. The fraction of sp³-hybridized carbons (Fsp3) is 0.676. The number of allylic oxidation sites excluding steroid dienone is 2. The van der Waals surface area contributed by atoms with E-state index in [1.807, 2.05) is 27.7 Å². The SMILES string of the molecule is C=C(C)CCC(C)(C(=C)C)C1C(c2ccc(N(C)C)cc2)CC2(C)C(=O)CCC2C1CC.CC.CC. The lowest BCUT2D eigenvalue weighted by Crippen LogP contribution is -2.50. The standard InChI is InChI=1S/C30H45NO.2C2H6/c1-10-24-26-15-16-27(32)30(26,7)19-25(22-11-13-23(14-12-22)31(8)9)28(24)29(6,21(4)5)18-17-20(2)3;2*1-2/h11-14,24-26,28H,2,4,10,15-19H2,1,3,5-9H3;2*1-2H3. The number of anilines is 1. The van der Waals surface area contributed by atoms with Crippen LogP contribution in [0.4, 0.5) is 5.69 Å². The molecule has 2 nitrogen and oxygen atoms in total. The third-order valence-electron chi connectivity index (χ3n) is 9.28. The average molecular weight is 496 g/mol. The second-order valence-corrected chi connectivity index (χ2v) is 11.5. The Balaban J connectivity index is 0.00000154. The van der Waals surface area contributed by atoms with Crippen LogP contribution >= 0.6 is 0 Å². The molecule has 2 heteroatoms. The summed E-state index contributed by atoms with van der Waals surface area (Å²) in [5.41, 5.74) is 4.98. The minimum absolute atomic E-state index is 0.0253. The van der Waals surface area contributed by atoms with Crippen molar-refractivity contribution in [3.8, 4) is 0 Å². The molecule has 2 aliphatic carbocycles. The van der Waals surface area contributed by atoms with Crippen molar-refractivity contribution < 1.29 is 4.79 Å². The number of benzene rings is 1. The summed E-state index contributed by atoms with van der Waals surface area (Å²) in [4.78, 5) is 15.3. The van der Waals surface area contributed by atoms with E-state index in [0.717, 1.165) is 38.5 Å². The molecule has 0 aromatic heterocycles. The zero-order chi connectivity index (χ0) is 27.8. The predicted molar refractivity (Wildman–Crippen MR) is 161 cm³/mol. The number of Topliss-reactive ketones (excluding diaryl/α,β-unsaturated/α-hetero) is 1. The number of ketones is 1. The highest BCUT2D eigenvalue weighted by Crippen LogP contribution is 2.64. The van der Waals surface area contributed by atoms with Gasteiger partial charge in [0.05, 0.1) is 0 Å². The van der Waals surface area contributed by atoms with Crippen LogP contribution in [0.1, 0.15) is 112 Å². The number of hydrogen-bond donors (Lipinski definition) is 0. The molecule has 6 atom stereocenters. The van der Waals surface area contributed by atoms with Crippen LogP contribution in [-0.2, 0) is 4.79 Å². The third kappa shape index (κ3) is 6.35. The first-order valence-electron chi connectivity index (χ1n) is 14.6. The van der Waals surface area contributed by atoms with E-state index in [1.54, 1.807) is 0 Å². The van der Waals surface area contributed by atoms with Crippen molar-refractivity contribution in [1.29, 1.82) is 0 Å². The molecule has 3 rings (SSSR count). The van der Waals surface area contributed by atoms with Crippen molar-refractivity contribution in [2.24, 2.45) is 28.6 Å². The fourth-order valence-corrected chi connectivity index (χ4v) is 7.12. The van der Waals surface area contributed by atoms with E-state index in [1.165, 1.54) is 22.4 Å². The Labute approximate surface area is 224 Å². The van der Waals surface area contributed by atoms with Gasteiger partial charge in [-0.15, -0.1) is 6.58 Å². The van der Waals surface area contributed by atoms with E-state index >= 15 is 0 Å². The molecule has 0 radical (unpaired) electrons. The van der Waals surface area contributed by atoms with E-state index in [0.29, 0.717) is 29.5 Å². The van der Waals surface area contributed by atoms with Crippen molar-refractivity contribution in [2.45, 2.75) is 107 Å². The number of fused-ring (bicyclic) bond motifs is 1. The van der Waals surface area contributed by atoms with Crippen LogP contribution in [0.25, 0.3) is 0 Å². The van der Waals surface area contributed by atoms with Crippen LogP contribution in [0.3, 0.4) is 0 Å². The van der Waals surface area contributed by atoms with Gasteiger partial charge in [-0.05, 0) is 86.3 Å². The van der Waals surface area contributed by atoms with Gasteiger partial charge in [-0.25, -0.2) is 0 Å². The van der Waals surface area contributed by atoms with Crippen molar-refractivity contribution >= 4 is 11.5 Å². The van der Waals surface area contributed by atoms with Gasteiger partial charge in [-0.3, -0.25) is 4.79 Å². The Morgan fingerprint density at radius 3 is 2.08 bits per heavy atom.